The fourth-order valence-corrected chi connectivity index (χ4v) is 4.16. The Balaban J connectivity index is 1.53. The number of alkyl halides is 3. The van der Waals surface area contributed by atoms with Gasteiger partial charge in [-0.05, 0) is 38.8 Å². The van der Waals surface area contributed by atoms with E-state index in [1.54, 1.807) is 30.6 Å². The molecule has 0 spiro atoms. The van der Waals surface area contributed by atoms with Crippen LogP contribution in [0.5, 0.6) is 0 Å². The topological polar surface area (TPSA) is 98.0 Å². The van der Waals surface area contributed by atoms with Crippen molar-refractivity contribution in [3.05, 3.63) is 65.4 Å². The van der Waals surface area contributed by atoms with E-state index in [4.69, 9.17) is 0 Å². The molecule has 0 aromatic carbocycles. The first-order chi connectivity index (χ1) is 16.5. The average Bonchev–Trinajstić information content (AvgIpc) is 3.29. The van der Waals surface area contributed by atoms with Crippen LogP contribution in [0.15, 0.2) is 36.9 Å². The molecule has 0 fully saturated rings. The molecule has 0 aliphatic carbocycles. The van der Waals surface area contributed by atoms with Crippen molar-refractivity contribution < 1.29 is 22.4 Å². The minimum Gasteiger partial charge on any atom is -0.309 e. The van der Waals surface area contributed by atoms with Gasteiger partial charge in [-0.2, -0.15) is 13.2 Å². The van der Waals surface area contributed by atoms with E-state index in [-0.39, 0.29) is 30.4 Å². The molecule has 0 bridgehead atoms. The number of halogens is 4. The molecule has 0 radical (unpaired) electrons. The summed E-state index contributed by atoms with van der Waals surface area (Å²) in [7, 11) is 0. The van der Waals surface area contributed by atoms with Crippen molar-refractivity contribution in [1.82, 2.24) is 29.3 Å². The molecule has 0 saturated heterocycles. The van der Waals surface area contributed by atoms with E-state index in [1.165, 1.54) is 18.3 Å². The number of hydrogen-bond donors (Lipinski definition) is 1. The zero-order valence-corrected chi connectivity index (χ0v) is 18.7. The number of nitrogens with one attached hydrogen (secondary N) is 1. The van der Waals surface area contributed by atoms with Gasteiger partial charge in [-0.25, -0.2) is 24.3 Å². The van der Waals surface area contributed by atoms with Gasteiger partial charge in [0.25, 0.3) is 0 Å². The van der Waals surface area contributed by atoms with Crippen LogP contribution >= 0.6 is 0 Å². The Bertz CT molecular complexity index is 1450. The van der Waals surface area contributed by atoms with E-state index in [1.807, 2.05) is 0 Å². The quantitative estimate of drug-likeness (QED) is 0.426. The fourth-order valence-electron chi connectivity index (χ4n) is 4.16. The summed E-state index contributed by atoms with van der Waals surface area (Å²) in [4.78, 5) is 34.7. The Morgan fingerprint density at radius 3 is 2.60 bits per heavy atom. The van der Waals surface area contributed by atoms with Gasteiger partial charge in [-0.3, -0.25) is 9.78 Å². The summed E-state index contributed by atoms with van der Waals surface area (Å²) in [5.74, 6) is -0.467. The number of fused-ring (bicyclic) bond motifs is 2. The highest BCUT2D eigenvalue weighted by Crippen LogP contribution is 2.41. The number of amides is 1. The SMILES string of the molecule is Cc1cn2cc(-c3ncc4c(n3)NC(=O)C4(C)c3ccc(F)cn3)nc(CCCC(F)(F)F)c2n1. The molecule has 12 heteroatoms. The molecule has 5 heterocycles. The zero-order chi connectivity index (χ0) is 25.0. The smallest absolute Gasteiger partial charge is 0.309 e. The number of imidazole rings is 1. The Hall–Kier alpha value is -3.96. The number of anilines is 1. The number of pyridine rings is 1. The molecule has 1 N–H and O–H groups in total. The second-order valence-electron chi connectivity index (χ2n) is 8.55. The summed E-state index contributed by atoms with van der Waals surface area (Å²) in [6, 6.07) is 2.66. The summed E-state index contributed by atoms with van der Waals surface area (Å²) in [6.07, 6.45) is 0.647. The molecule has 1 amide bonds. The highest BCUT2D eigenvalue weighted by molar-refractivity contribution is 6.07. The Morgan fingerprint density at radius 1 is 1.09 bits per heavy atom. The number of carbonyl (C=O) groups is 1. The van der Waals surface area contributed by atoms with Crippen molar-refractivity contribution in [1.29, 1.82) is 0 Å². The lowest BCUT2D eigenvalue weighted by Crippen LogP contribution is -2.33. The van der Waals surface area contributed by atoms with Crippen molar-refractivity contribution in [2.75, 3.05) is 5.32 Å². The third kappa shape index (κ3) is 4.08. The summed E-state index contributed by atoms with van der Waals surface area (Å²) >= 11 is 0. The molecule has 1 atom stereocenters. The van der Waals surface area contributed by atoms with E-state index in [2.05, 4.69) is 30.2 Å². The van der Waals surface area contributed by atoms with Crippen LogP contribution in [0.3, 0.4) is 0 Å². The van der Waals surface area contributed by atoms with Crippen LogP contribution in [0.1, 0.15) is 42.4 Å². The molecule has 0 saturated carbocycles. The van der Waals surface area contributed by atoms with Crippen molar-refractivity contribution in [3.63, 3.8) is 0 Å². The van der Waals surface area contributed by atoms with Crippen LogP contribution in [0.2, 0.25) is 0 Å². The number of hydrogen-bond acceptors (Lipinski definition) is 6. The number of aromatic nitrogens is 6. The maximum atomic E-state index is 13.4. The summed E-state index contributed by atoms with van der Waals surface area (Å²) in [5, 5.41) is 2.72. The van der Waals surface area contributed by atoms with Crippen LogP contribution in [0.25, 0.3) is 17.2 Å². The van der Waals surface area contributed by atoms with E-state index in [9.17, 15) is 22.4 Å². The molecule has 1 aliphatic heterocycles. The largest absolute Gasteiger partial charge is 0.389 e. The second kappa shape index (κ2) is 8.07. The van der Waals surface area contributed by atoms with Crippen LogP contribution in [0, 0.1) is 12.7 Å². The molecule has 180 valence electrons. The van der Waals surface area contributed by atoms with Crippen LogP contribution < -0.4 is 5.32 Å². The van der Waals surface area contributed by atoms with E-state index in [0.29, 0.717) is 34.0 Å². The monoisotopic (exact) mass is 485 g/mol. The number of aryl methyl sites for hydroxylation is 2. The molecule has 5 rings (SSSR count). The van der Waals surface area contributed by atoms with Gasteiger partial charge in [0.2, 0.25) is 5.91 Å². The van der Waals surface area contributed by atoms with Gasteiger partial charge in [0.15, 0.2) is 11.5 Å². The summed E-state index contributed by atoms with van der Waals surface area (Å²) < 4.78 is 53.0. The van der Waals surface area contributed by atoms with Gasteiger partial charge < -0.3 is 9.72 Å². The predicted molar refractivity (Wildman–Crippen MR) is 117 cm³/mol. The maximum Gasteiger partial charge on any atom is 0.389 e. The Morgan fingerprint density at radius 2 is 1.89 bits per heavy atom. The van der Waals surface area contributed by atoms with Gasteiger partial charge in [0, 0.05) is 30.6 Å². The first kappa shape index (κ1) is 22.8. The lowest BCUT2D eigenvalue weighted by molar-refractivity contribution is -0.135. The molecule has 8 nitrogen and oxygen atoms in total. The number of carbonyl (C=O) groups excluding carboxylic acids is 1. The maximum absolute atomic E-state index is 13.4. The molecule has 1 unspecified atom stereocenters. The van der Waals surface area contributed by atoms with Crippen LogP contribution in [0.4, 0.5) is 23.4 Å². The lowest BCUT2D eigenvalue weighted by atomic mass is 9.81. The molecule has 4 aromatic heterocycles. The van der Waals surface area contributed by atoms with Gasteiger partial charge in [0.1, 0.15) is 22.7 Å². The number of rotatable bonds is 5. The van der Waals surface area contributed by atoms with Crippen molar-refractivity contribution in [2.45, 2.75) is 44.7 Å². The van der Waals surface area contributed by atoms with Gasteiger partial charge in [0.05, 0.1) is 23.3 Å². The molecule has 4 aromatic rings. The average molecular weight is 485 g/mol. The minimum absolute atomic E-state index is 0.0727. The second-order valence-corrected chi connectivity index (χ2v) is 8.55. The number of nitrogens with zero attached hydrogens (tertiary/aromatic N) is 6. The minimum atomic E-state index is -4.26. The van der Waals surface area contributed by atoms with Crippen LogP contribution in [-0.2, 0) is 16.6 Å². The molecular formula is C23H19F4N7O. The lowest BCUT2D eigenvalue weighted by Gasteiger charge is -2.20. The molecule has 1 aliphatic rings. The van der Waals surface area contributed by atoms with Crippen molar-refractivity contribution >= 4 is 17.4 Å². The van der Waals surface area contributed by atoms with Crippen molar-refractivity contribution in [3.8, 4) is 11.5 Å². The molecule has 35 heavy (non-hydrogen) atoms. The van der Waals surface area contributed by atoms with E-state index < -0.39 is 23.8 Å². The highest BCUT2D eigenvalue weighted by atomic mass is 19.4. The third-order valence-corrected chi connectivity index (χ3v) is 5.98. The first-order valence-electron chi connectivity index (χ1n) is 10.8. The normalized spacial score (nSPS) is 17.6. The molecular weight excluding hydrogens is 466 g/mol. The zero-order valence-electron chi connectivity index (χ0n) is 18.7. The predicted octanol–water partition coefficient (Wildman–Crippen LogP) is 4.17. The summed E-state index contributed by atoms with van der Waals surface area (Å²) in [5.41, 5.74) is 1.46. The third-order valence-electron chi connectivity index (χ3n) is 5.98. The van der Waals surface area contributed by atoms with Gasteiger partial charge >= 0.3 is 6.18 Å². The highest BCUT2D eigenvalue weighted by Gasteiger charge is 2.47. The van der Waals surface area contributed by atoms with Crippen molar-refractivity contribution in [2.24, 2.45) is 0 Å². The summed E-state index contributed by atoms with van der Waals surface area (Å²) in [6.45, 7) is 3.42. The standard InChI is InChI=1S/C23H19F4N7O/c1-12-10-34-11-16(31-15(20(34)30-12)4-3-7-23(25,26)27)19-29-9-14-18(32-19)33-21(35)22(14,2)17-6-5-13(24)8-28-17/h5-6,8-11H,3-4,7H2,1-2H3,(H,29,32,33,35). The van der Waals surface area contributed by atoms with E-state index >= 15 is 0 Å². The van der Waals surface area contributed by atoms with E-state index in [0.717, 1.165) is 6.20 Å². The van der Waals surface area contributed by atoms with Gasteiger partial charge in [-0.1, -0.05) is 0 Å². The van der Waals surface area contributed by atoms with Crippen LogP contribution in [-0.4, -0.2) is 41.4 Å². The fraction of sp³-hybridized carbons (Fsp3) is 0.304. The Kier molecular flexibility index (Phi) is 5.26. The Labute approximate surface area is 196 Å². The van der Waals surface area contributed by atoms with Gasteiger partial charge in [-0.15, -0.1) is 0 Å². The first-order valence-corrected chi connectivity index (χ1v) is 10.8.